The Bertz CT molecular complexity index is 1030. The van der Waals surface area contributed by atoms with Gasteiger partial charge in [0, 0.05) is 32.2 Å². The predicted octanol–water partition coefficient (Wildman–Crippen LogP) is 4.25. The molecule has 0 fully saturated rings. The molecule has 0 aliphatic heterocycles. The van der Waals surface area contributed by atoms with Crippen LogP contribution in [0.3, 0.4) is 0 Å². The molecule has 0 heterocycles. The fourth-order valence-corrected chi connectivity index (χ4v) is 3.69. The number of aliphatic hydroxyl groups excluding tert-OH is 1. The summed E-state index contributed by atoms with van der Waals surface area (Å²) in [5.41, 5.74) is 7.40. The number of amides is 1. The van der Waals surface area contributed by atoms with E-state index in [0.29, 0.717) is 32.5 Å². The van der Waals surface area contributed by atoms with Crippen LogP contribution < -0.4 is 19.9 Å². The van der Waals surface area contributed by atoms with Crippen molar-refractivity contribution in [2.75, 3.05) is 47.6 Å². The van der Waals surface area contributed by atoms with Gasteiger partial charge < -0.3 is 34.7 Å². The van der Waals surface area contributed by atoms with Crippen LogP contribution in [0.2, 0.25) is 0 Å². The first kappa shape index (κ1) is 37.6. The van der Waals surface area contributed by atoms with Gasteiger partial charge in [-0.15, -0.1) is 0 Å². The Morgan fingerprint density at radius 1 is 0.951 bits per heavy atom. The molecule has 2 aromatic rings. The molecule has 3 N–H and O–H groups in total. The molecule has 0 spiro atoms. The normalized spacial score (nSPS) is 10.3. The summed E-state index contributed by atoms with van der Waals surface area (Å²) in [6.45, 7) is 9.19. The maximum absolute atomic E-state index is 11.8. The first-order valence-electron chi connectivity index (χ1n) is 14.0. The third-order valence-electron chi connectivity index (χ3n) is 6.61. The van der Waals surface area contributed by atoms with Crippen molar-refractivity contribution in [2.45, 2.75) is 59.3 Å². The molecule has 41 heavy (non-hydrogen) atoms. The topological polar surface area (TPSA) is 128 Å². The summed E-state index contributed by atoms with van der Waals surface area (Å²) in [5, 5.41) is 8.62. The van der Waals surface area contributed by atoms with Crippen molar-refractivity contribution in [3.63, 3.8) is 0 Å². The molecule has 2 aromatic carbocycles. The second kappa shape index (κ2) is 21.3. The van der Waals surface area contributed by atoms with Crippen LogP contribution in [0.5, 0.6) is 17.2 Å². The minimum absolute atomic E-state index is 0.121. The van der Waals surface area contributed by atoms with Crippen molar-refractivity contribution < 1.29 is 33.7 Å². The monoisotopic (exact) mass is 574 g/mol. The van der Waals surface area contributed by atoms with Crippen LogP contribution >= 0.6 is 0 Å². The summed E-state index contributed by atoms with van der Waals surface area (Å²) >= 11 is 0. The maximum atomic E-state index is 11.8. The molecular formula is C32H50N2O7. The van der Waals surface area contributed by atoms with E-state index in [2.05, 4.69) is 18.2 Å². The van der Waals surface area contributed by atoms with Crippen molar-refractivity contribution in [3.05, 3.63) is 53.6 Å². The number of ketones is 1. The molecule has 0 saturated carbocycles. The summed E-state index contributed by atoms with van der Waals surface area (Å²) in [5.74, 6) is 1.67. The molecule has 230 valence electrons. The number of ether oxygens (including phenoxy) is 3. The van der Waals surface area contributed by atoms with Gasteiger partial charge in [-0.2, -0.15) is 0 Å². The molecule has 0 aliphatic carbocycles. The van der Waals surface area contributed by atoms with Crippen molar-refractivity contribution in [1.82, 2.24) is 4.90 Å². The van der Waals surface area contributed by atoms with E-state index in [4.69, 9.17) is 29.8 Å². The van der Waals surface area contributed by atoms with E-state index in [9.17, 15) is 9.59 Å². The Morgan fingerprint density at radius 2 is 1.59 bits per heavy atom. The van der Waals surface area contributed by atoms with Crippen LogP contribution in [0.25, 0.3) is 0 Å². The van der Waals surface area contributed by atoms with Gasteiger partial charge in [-0.3, -0.25) is 9.59 Å². The number of benzene rings is 2. The SMILES string of the molecule is C=O.CCC(C)(C)C(=O)C(=O)N(C)CCCCO.COc1ccc(CCCc2cccc(OCCN)c2)cc1OC. The number of aliphatic hydroxyl groups is 1. The molecular weight excluding hydrogens is 524 g/mol. The zero-order chi connectivity index (χ0) is 31.3. The second-order valence-corrected chi connectivity index (χ2v) is 10.1. The Hall–Kier alpha value is -3.43. The zero-order valence-corrected chi connectivity index (χ0v) is 25.7. The van der Waals surface area contributed by atoms with Gasteiger partial charge in [-0.25, -0.2) is 0 Å². The maximum Gasteiger partial charge on any atom is 0.290 e. The quantitative estimate of drug-likeness (QED) is 0.225. The highest BCUT2D eigenvalue weighted by Crippen LogP contribution is 2.28. The van der Waals surface area contributed by atoms with Crippen LogP contribution in [0.15, 0.2) is 42.5 Å². The van der Waals surface area contributed by atoms with E-state index >= 15 is 0 Å². The third kappa shape index (κ3) is 14.2. The first-order chi connectivity index (χ1) is 19.6. The Kier molecular flexibility index (Phi) is 19.5. The van der Waals surface area contributed by atoms with Gasteiger partial charge in [0.1, 0.15) is 19.1 Å². The fourth-order valence-electron chi connectivity index (χ4n) is 3.69. The summed E-state index contributed by atoms with van der Waals surface area (Å²) in [4.78, 5) is 33.0. The molecule has 0 bridgehead atoms. The van der Waals surface area contributed by atoms with Crippen LogP contribution in [0, 0.1) is 5.41 Å². The molecule has 1 amide bonds. The van der Waals surface area contributed by atoms with Crippen molar-refractivity contribution in [2.24, 2.45) is 11.1 Å². The van der Waals surface area contributed by atoms with Crippen LogP contribution in [0.1, 0.15) is 57.6 Å². The number of carbonyl (C=O) groups is 3. The lowest BCUT2D eigenvalue weighted by Gasteiger charge is -2.24. The number of likely N-dealkylation sites (N-methyl/N-ethyl adjacent to an activating group) is 1. The molecule has 0 saturated heterocycles. The molecule has 2 rings (SSSR count). The summed E-state index contributed by atoms with van der Waals surface area (Å²) in [6.07, 6.45) is 5.10. The summed E-state index contributed by atoms with van der Waals surface area (Å²) in [6, 6.07) is 14.3. The lowest BCUT2D eigenvalue weighted by Crippen LogP contribution is -2.41. The van der Waals surface area contributed by atoms with Gasteiger partial charge in [0.05, 0.1) is 14.2 Å². The van der Waals surface area contributed by atoms with Gasteiger partial charge >= 0.3 is 0 Å². The van der Waals surface area contributed by atoms with Crippen LogP contribution in [-0.2, 0) is 27.2 Å². The first-order valence-corrected chi connectivity index (χ1v) is 14.0. The Labute approximate surface area is 246 Å². The van der Waals surface area contributed by atoms with Crippen LogP contribution in [-0.4, -0.2) is 76.1 Å². The van der Waals surface area contributed by atoms with Crippen molar-refractivity contribution in [3.8, 4) is 17.2 Å². The number of hydrogen-bond donors (Lipinski definition) is 2. The molecule has 9 nitrogen and oxygen atoms in total. The number of nitrogens with zero attached hydrogens (tertiary/aromatic N) is 1. The van der Waals surface area contributed by atoms with Gasteiger partial charge in [-0.1, -0.05) is 39.0 Å². The Balaban J connectivity index is 0.000000784. The van der Waals surface area contributed by atoms with E-state index in [1.165, 1.54) is 16.0 Å². The number of rotatable bonds is 16. The average molecular weight is 575 g/mol. The average Bonchev–Trinajstić information content (AvgIpc) is 3.00. The highest BCUT2D eigenvalue weighted by atomic mass is 16.5. The largest absolute Gasteiger partial charge is 0.493 e. The number of aryl methyl sites for hydroxylation is 2. The van der Waals surface area contributed by atoms with E-state index in [1.807, 2.05) is 38.0 Å². The fraction of sp³-hybridized carbons (Fsp3) is 0.531. The third-order valence-corrected chi connectivity index (χ3v) is 6.61. The van der Waals surface area contributed by atoms with Gasteiger partial charge in [0.25, 0.3) is 5.91 Å². The van der Waals surface area contributed by atoms with E-state index in [0.717, 1.165) is 42.9 Å². The number of unbranched alkanes of at least 4 members (excludes halogenated alkanes) is 1. The highest BCUT2D eigenvalue weighted by Gasteiger charge is 2.32. The number of nitrogens with two attached hydrogens (primary N) is 1. The van der Waals surface area contributed by atoms with E-state index in [-0.39, 0.29) is 12.4 Å². The van der Waals surface area contributed by atoms with Crippen molar-refractivity contribution >= 4 is 18.5 Å². The molecule has 0 atom stereocenters. The second-order valence-electron chi connectivity index (χ2n) is 10.1. The standard InChI is InChI=1S/C19H25NO3.C12H23NO3.CH2O/c1-21-18-10-9-16(14-19(18)22-2)6-3-5-15-7-4-8-17(13-15)23-12-11-20;1-5-12(2,3)10(15)11(16)13(4)8-6-7-9-14;1-2/h4,7-10,13-14H,3,5-6,11-12,20H2,1-2H3;14H,5-9H2,1-4H3;1H2. The zero-order valence-electron chi connectivity index (χ0n) is 25.7. The minimum atomic E-state index is -0.581. The van der Waals surface area contributed by atoms with Crippen LogP contribution in [0.4, 0.5) is 0 Å². The number of hydrogen-bond acceptors (Lipinski definition) is 8. The molecule has 0 aliphatic rings. The molecule has 0 aromatic heterocycles. The predicted molar refractivity (Wildman–Crippen MR) is 163 cm³/mol. The smallest absolute Gasteiger partial charge is 0.290 e. The van der Waals surface area contributed by atoms with Gasteiger partial charge in [0.15, 0.2) is 11.5 Å². The molecule has 9 heteroatoms. The lowest BCUT2D eigenvalue weighted by molar-refractivity contribution is -0.148. The van der Waals surface area contributed by atoms with Gasteiger partial charge in [-0.05, 0) is 73.9 Å². The van der Waals surface area contributed by atoms with E-state index < -0.39 is 11.3 Å². The number of carbonyl (C=O) groups excluding carboxylic acids is 3. The summed E-state index contributed by atoms with van der Waals surface area (Å²) < 4.78 is 16.2. The van der Waals surface area contributed by atoms with Crippen molar-refractivity contribution in [1.29, 1.82) is 0 Å². The Morgan fingerprint density at radius 3 is 2.15 bits per heavy atom. The molecule has 0 unspecified atom stereocenters. The minimum Gasteiger partial charge on any atom is -0.493 e. The molecule has 0 radical (unpaired) electrons. The number of Topliss-reactive ketones (excluding diaryl/α,β-unsaturated/α-hetero) is 1. The van der Waals surface area contributed by atoms with E-state index in [1.54, 1.807) is 35.1 Å². The van der Waals surface area contributed by atoms with Gasteiger partial charge in [0.2, 0.25) is 5.78 Å². The number of methoxy groups -OCH3 is 2. The highest BCUT2D eigenvalue weighted by molar-refractivity contribution is 6.37. The lowest BCUT2D eigenvalue weighted by atomic mass is 9.84. The summed E-state index contributed by atoms with van der Waals surface area (Å²) in [7, 11) is 4.94.